The summed E-state index contributed by atoms with van der Waals surface area (Å²) in [7, 11) is 0. The lowest BCUT2D eigenvalue weighted by Crippen LogP contribution is -2.34. The molecule has 4 nitrogen and oxygen atoms in total. The van der Waals surface area contributed by atoms with Crippen LogP contribution < -0.4 is 5.32 Å². The Bertz CT molecular complexity index is 180. The first kappa shape index (κ1) is 13.7. The molecule has 0 atom stereocenters. The van der Waals surface area contributed by atoms with Gasteiger partial charge < -0.3 is 10.1 Å². The molecule has 1 N–H and O–H groups in total. The number of carbonyl (C=O) groups excluding carboxylic acids is 1. The fraction of sp³-hybridized carbons (Fsp3) is 0.889. The summed E-state index contributed by atoms with van der Waals surface area (Å²) in [5.74, 6) is 0. The zero-order valence-corrected chi connectivity index (χ0v) is 10.8. The molecular formula is C9H19BrN2O2. The van der Waals surface area contributed by atoms with E-state index >= 15 is 0 Å². The van der Waals surface area contributed by atoms with Crippen LogP contribution in [0, 0.1) is 0 Å². The lowest BCUT2D eigenvalue weighted by molar-refractivity contribution is 0.0416. The molecule has 0 aromatic rings. The van der Waals surface area contributed by atoms with E-state index in [0.29, 0.717) is 6.54 Å². The van der Waals surface area contributed by atoms with Gasteiger partial charge in [0.15, 0.2) is 0 Å². The number of hydrogen-bond donors (Lipinski definition) is 1. The van der Waals surface area contributed by atoms with Crippen LogP contribution in [0.5, 0.6) is 0 Å². The van der Waals surface area contributed by atoms with E-state index in [-0.39, 0.29) is 6.09 Å². The van der Waals surface area contributed by atoms with Crippen LogP contribution in [0.15, 0.2) is 0 Å². The zero-order valence-electron chi connectivity index (χ0n) is 9.26. The van der Waals surface area contributed by atoms with Crippen molar-refractivity contribution in [2.24, 2.45) is 0 Å². The number of carbonyl (C=O) groups is 1. The molecule has 0 aliphatic rings. The highest BCUT2D eigenvalue weighted by Gasteiger charge is 2.19. The maximum absolute atomic E-state index is 11.4. The normalized spacial score (nSPS) is 11.2. The summed E-state index contributed by atoms with van der Waals surface area (Å²) >= 11 is 3.14. The molecule has 5 heteroatoms. The molecule has 0 bridgehead atoms. The molecule has 0 radical (unpaired) electrons. The van der Waals surface area contributed by atoms with Crippen molar-refractivity contribution in [1.82, 2.24) is 9.24 Å². The van der Waals surface area contributed by atoms with E-state index in [1.54, 1.807) is 0 Å². The first-order chi connectivity index (χ1) is 6.37. The lowest BCUT2D eigenvalue weighted by atomic mass is 10.2. The number of amides is 1. The Labute approximate surface area is 94.3 Å². The quantitative estimate of drug-likeness (QED) is 0.626. The second-order valence-electron chi connectivity index (χ2n) is 3.92. The molecule has 0 aromatic heterocycles. The van der Waals surface area contributed by atoms with Crippen molar-refractivity contribution in [2.45, 2.75) is 33.3 Å². The van der Waals surface area contributed by atoms with Gasteiger partial charge in [0.05, 0.1) is 16.1 Å². The molecule has 0 unspecified atom stereocenters. The Hall–Kier alpha value is -0.290. The summed E-state index contributed by atoms with van der Waals surface area (Å²) in [4.78, 5) is 11.4. The van der Waals surface area contributed by atoms with Gasteiger partial charge in [-0.2, -0.15) is 0 Å². The Morgan fingerprint density at radius 3 is 2.50 bits per heavy atom. The van der Waals surface area contributed by atoms with Crippen LogP contribution in [0.4, 0.5) is 4.79 Å². The van der Waals surface area contributed by atoms with Gasteiger partial charge in [0, 0.05) is 13.1 Å². The average molecular weight is 267 g/mol. The molecule has 0 spiro atoms. The molecule has 14 heavy (non-hydrogen) atoms. The Kier molecular flexibility index (Phi) is 6.11. The number of rotatable bonds is 4. The van der Waals surface area contributed by atoms with Crippen LogP contribution in [-0.4, -0.2) is 35.3 Å². The second kappa shape index (κ2) is 6.24. The van der Waals surface area contributed by atoms with E-state index in [4.69, 9.17) is 4.74 Å². The van der Waals surface area contributed by atoms with Crippen LogP contribution in [0.3, 0.4) is 0 Å². The minimum atomic E-state index is -0.443. The predicted octanol–water partition coefficient (Wildman–Crippen LogP) is 2.14. The van der Waals surface area contributed by atoms with Crippen LogP contribution in [0.1, 0.15) is 27.7 Å². The van der Waals surface area contributed by atoms with Crippen molar-refractivity contribution in [3.8, 4) is 0 Å². The lowest BCUT2D eigenvalue weighted by Gasteiger charge is -2.23. The predicted molar refractivity (Wildman–Crippen MR) is 60.4 cm³/mol. The van der Waals surface area contributed by atoms with Gasteiger partial charge in [-0.15, -0.1) is 0 Å². The number of ether oxygens (including phenoxy) is 1. The third-order valence-corrected chi connectivity index (χ3v) is 1.97. The highest BCUT2D eigenvalue weighted by molar-refractivity contribution is 9.07. The molecule has 0 aliphatic heterocycles. The highest BCUT2D eigenvalue weighted by Crippen LogP contribution is 2.11. The minimum Gasteiger partial charge on any atom is -0.443 e. The van der Waals surface area contributed by atoms with Crippen molar-refractivity contribution in [3.63, 3.8) is 0 Å². The van der Waals surface area contributed by atoms with Crippen molar-refractivity contribution in [2.75, 3.05) is 19.6 Å². The summed E-state index contributed by atoms with van der Waals surface area (Å²) in [5.41, 5.74) is -0.443. The molecule has 0 fully saturated rings. The van der Waals surface area contributed by atoms with Gasteiger partial charge in [0.1, 0.15) is 5.60 Å². The number of halogens is 1. The van der Waals surface area contributed by atoms with Gasteiger partial charge in [0.25, 0.3) is 0 Å². The molecular weight excluding hydrogens is 248 g/mol. The largest absolute Gasteiger partial charge is 0.443 e. The maximum Gasteiger partial charge on any atom is 0.420 e. The first-order valence-corrected chi connectivity index (χ1v) is 5.44. The SMILES string of the molecule is CCNCCN(Br)C(=O)OC(C)(C)C. The molecule has 0 saturated carbocycles. The van der Waals surface area contributed by atoms with Gasteiger partial charge in [-0.05, 0) is 27.3 Å². The molecule has 0 aromatic carbocycles. The maximum atomic E-state index is 11.4. The topological polar surface area (TPSA) is 41.6 Å². The van der Waals surface area contributed by atoms with Crippen molar-refractivity contribution in [1.29, 1.82) is 0 Å². The fourth-order valence-electron chi connectivity index (χ4n) is 0.757. The fourth-order valence-corrected chi connectivity index (χ4v) is 1.01. The monoisotopic (exact) mass is 266 g/mol. The van der Waals surface area contributed by atoms with Gasteiger partial charge in [0.2, 0.25) is 0 Å². The van der Waals surface area contributed by atoms with E-state index < -0.39 is 5.60 Å². The molecule has 0 saturated heterocycles. The minimum absolute atomic E-state index is 0.351. The van der Waals surface area contributed by atoms with Gasteiger partial charge >= 0.3 is 6.09 Å². The summed E-state index contributed by atoms with van der Waals surface area (Å²) in [5, 5.41) is 3.12. The third-order valence-electron chi connectivity index (χ3n) is 1.33. The number of likely N-dealkylation sites (N-methyl/N-ethyl adjacent to an activating group) is 1. The molecule has 0 aliphatic carbocycles. The van der Waals surface area contributed by atoms with Gasteiger partial charge in [-0.1, -0.05) is 6.92 Å². The van der Waals surface area contributed by atoms with Crippen molar-refractivity contribution in [3.05, 3.63) is 0 Å². The summed E-state index contributed by atoms with van der Waals surface area (Å²) in [6, 6.07) is 0. The second-order valence-corrected chi connectivity index (χ2v) is 4.78. The standard InChI is InChI=1S/C9H19BrN2O2/c1-5-11-6-7-12(10)8(13)14-9(2,3)4/h11H,5-7H2,1-4H3. The summed E-state index contributed by atoms with van der Waals surface area (Å²) in [6.45, 7) is 9.78. The van der Waals surface area contributed by atoms with Crippen LogP contribution in [0.25, 0.3) is 0 Å². The van der Waals surface area contributed by atoms with E-state index in [9.17, 15) is 4.79 Å². The first-order valence-electron chi connectivity index (χ1n) is 4.74. The number of nitrogens with one attached hydrogen (secondary N) is 1. The Morgan fingerprint density at radius 2 is 2.07 bits per heavy atom. The van der Waals surface area contributed by atoms with Crippen LogP contribution >= 0.6 is 16.1 Å². The summed E-state index contributed by atoms with van der Waals surface area (Å²) < 4.78 is 6.53. The Balaban J connectivity index is 3.77. The molecule has 0 heterocycles. The number of nitrogens with zero attached hydrogens (tertiary/aromatic N) is 1. The Morgan fingerprint density at radius 1 is 1.50 bits per heavy atom. The molecule has 1 amide bonds. The van der Waals surface area contributed by atoms with Crippen molar-refractivity contribution < 1.29 is 9.53 Å². The van der Waals surface area contributed by atoms with Gasteiger partial charge in [-0.3, -0.25) is 0 Å². The van der Waals surface area contributed by atoms with E-state index in [0.717, 1.165) is 13.1 Å². The van der Waals surface area contributed by atoms with E-state index in [1.165, 1.54) is 3.93 Å². The van der Waals surface area contributed by atoms with Crippen LogP contribution in [-0.2, 0) is 4.74 Å². The van der Waals surface area contributed by atoms with Crippen molar-refractivity contribution >= 4 is 22.2 Å². The third kappa shape index (κ3) is 7.15. The zero-order chi connectivity index (χ0) is 11.2. The highest BCUT2D eigenvalue weighted by atomic mass is 79.9. The average Bonchev–Trinajstić information content (AvgIpc) is 2.01. The summed E-state index contributed by atoms with van der Waals surface area (Å²) in [6.07, 6.45) is -0.351. The molecule has 0 rings (SSSR count). The van der Waals surface area contributed by atoms with Crippen LogP contribution in [0.2, 0.25) is 0 Å². The van der Waals surface area contributed by atoms with E-state index in [2.05, 4.69) is 21.5 Å². The van der Waals surface area contributed by atoms with Gasteiger partial charge in [-0.25, -0.2) is 8.72 Å². The number of hydrogen-bond acceptors (Lipinski definition) is 3. The molecule has 84 valence electrons. The van der Waals surface area contributed by atoms with E-state index in [1.807, 2.05) is 27.7 Å². The smallest absolute Gasteiger partial charge is 0.420 e.